The lowest BCUT2D eigenvalue weighted by molar-refractivity contribution is -0.137. The summed E-state index contributed by atoms with van der Waals surface area (Å²) in [5, 5.41) is 0. The number of hydrogen-bond donors (Lipinski definition) is 1. The van der Waals surface area contributed by atoms with Gasteiger partial charge in [-0.25, -0.2) is 4.98 Å². The Hall–Kier alpha value is -2.86. The maximum atomic E-state index is 13.6. The first-order chi connectivity index (χ1) is 14.7. The molecule has 1 fully saturated rings. The van der Waals surface area contributed by atoms with Crippen LogP contribution in [0.1, 0.15) is 31.9 Å². The number of fused-ring (bicyclic) bond motifs is 1. The maximum Gasteiger partial charge on any atom is 0.244 e. The Morgan fingerprint density at radius 2 is 1.73 bits per heavy atom. The zero-order valence-corrected chi connectivity index (χ0v) is 17.9. The smallest absolute Gasteiger partial charge is 0.244 e. The number of para-hydroxylation sites is 2. The predicted molar refractivity (Wildman–Crippen MR) is 122 cm³/mol. The van der Waals surface area contributed by atoms with E-state index in [1.807, 2.05) is 47.4 Å². The largest absolute Gasteiger partial charge is 0.341 e. The summed E-state index contributed by atoms with van der Waals surface area (Å²) < 4.78 is 0. The fraction of sp³-hybridized carbons (Fsp3) is 0.417. The summed E-state index contributed by atoms with van der Waals surface area (Å²) in [6.45, 7) is 9.11. The third kappa shape index (κ3) is 4.19. The van der Waals surface area contributed by atoms with Crippen LogP contribution >= 0.6 is 0 Å². The van der Waals surface area contributed by atoms with Crippen molar-refractivity contribution >= 4 is 22.9 Å². The van der Waals surface area contributed by atoms with Gasteiger partial charge in [0.05, 0.1) is 11.0 Å². The number of aromatic amines is 1. The molecule has 1 aromatic heterocycles. The number of anilines is 1. The standard InChI is InChI=1S/C24H31N5O/c1-3-27(4-2)22(19-11-6-5-7-12-19)23(30)28-15-10-16-29(18-17-28)24-25-20-13-8-9-14-21(20)26-24/h5-9,11-14,22H,3-4,10,15-18H2,1-2H3,(H,25,26). The summed E-state index contributed by atoms with van der Waals surface area (Å²) in [6.07, 6.45) is 0.933. The van der Waals surface area contributed by atoms with Crippen LogP contribution in [-0.4, -0.2) is 64.9 Å². The minimum atomic E-state index is -0.223. The molecule has 0 bridgehead atoms. The highest BCUT2D eigenvalue weighted by molar-refractivity contribution is 5.83. The highest BCUT2D eigenvalue weighted by atomic mass is 16.2. The number of nitrogens with zero attached hydrogens (tertiary/aromatic N) is 4. The predicted octanol–water partition coefficient (Wildman–Crippen LogP) is 3.68. The zero-order chi connectivity index (χ0) is 20.9. The summed E-state index contributed by atoms with van der Waals surface area (Å²) in [5.41, 5.74) is 3.11. The van der Waals surface area contributed by atoms with Crippen molar-refractivity contribution in [3.63, 3.8) is 0 Å². The summed E-state index contributed by atoms with van der Waals surface area (Å²) >= 11 is 0. The average Bonchev–Trinajstić information content (AvgIpc) is 3.07. The van der Waals surface area contributed by atoms with Crippen molar-refractivity contribution in [2.75, 3.05) is 44.2 Å². The van der Waals surface area contributed by atoms with E-state index in [4.69, 9.17) is 4.98 Å². The van der Waals surface area contributed by atoms with E-state index >= 15 is 0 Å². The number of amides is 1. The van der Waals surface area contributed by atoms with E-state index in [9.17, 15) is 4.79 Å². The lowest BCUT2D eigenvalue weighted by atomic mass is 10.0. The van der Waals surface area contributed by atoms with Crippen molar-refractivity contribution < 1.29 is 4.79 Å². The Morgan fingerprint density at radius 3 is 2.47 bits per heavy atom. The van der Waals surface area contributed by atoms with Crippen LogP contribution in [0.25, 0.3) is 11.0 Å². The normalized spacial score (nSPS) is 16.1. The number of rotatable bonds is 6. The summed E-state index contributed by atoms with van der Waals surface area (Å²) in [6, 6.07) is 18.1. The molecule has 1 N–H and O–H groups in total. The van der Waals surface area contributed by atoms with E-state index in [2.05, 4.69) is 40.8 Å². The van der Waals surface area contributed by atoms with Crippen LogP contribution in [0.3, 0.4) is 0 Å². The van der Waals surface area contributed by atoms with Crippen LogP contribution in [0.2, 0.25) is 0 Å². The number of H-pyrrole nitrogens is 1. The SMILES string of the molecule is CCN(CC)C(C(=O)N1CCCN(c2nc3ccccc3[nH]2)CC1)c1ccccc1. The summed E-state index contributed by atoms with van der Waals surface area (Å²) in [4.78, 5) is 28.4. The van der Waals surface area contributed by atoms with Gasteiger partial charge in [-0.05, 0) is 37.2 Å². The monoisotopic (exact) mass is 405 g/mol. The lowest BCUT2D eigenvalue weighted by Gasteiger charge is -2.33. The van der Waals surface area contributed by atoms with Gasteiger partial charge in [-0.15, -0.1) is 0 Å². The third-order valence-corrected chi connectivity index (χ3v) is 6.01. The first-order valence-electron chi connectivity index (χ1n) is 11.0. The quantitative estimate of drug-likeness (QED) is 0.680. The lowest BCUT2D eigenvalue weighted by Crippen LogP contribution is -2.44. The van der Waals surface area contributed by atoms with E-state index in [0.29, 0.717) is 6.54 Å². The van der Waals surface area contributed by atoms with Gasteiger partial charge in [-0.1, -0.05) is 56.3 Å². The topological polar surface area (TPSA) is 55.5 Å². The van der Waals surface area contributed by atoms with E-state index in [1.165, 1.54) is 0 Å². The van der Waals surface area contributed by atoms with Gasteiger partial charge in [-0.3, -0.25) is 9.69 Å². The molecule has 0 aliphatic carbocycles. The van der Waals surface area contributed by atoms with E-state index in [-0.39, 0.29) is 11.9 Å². The number of hydrogen-bond acceptors (Lipinski definition) is 4. The van der Waals surface area contributed by atoms with Crippen molar-refractivity contribution in [3.8, 4) is 0 Å². The van der Waals surface area contributed by atoms with Gasteiger partial charge in [0.2, 0.25) is 11.9 Å². The highest BCUT2D eigenvalue weighted by Crippen LogP contribution is 2.25. The molecule has 1 amide bonds. The third-order valence-electron chi connectivity index (χ3n) is 6.01. The number of aromatic nitrogens is 2. The number of nitrogens with one attached hydrogen (secondary N) is 1. The average molecular weight is 406 g/mol. The molecule has 1 unspecified atom stereocenters. The van der Waals surface area contributed by atoms with Crippen molar-refractivity contribution in [1.29, 1.82) is 0 Å². The molecular weight excluding hydrogens is 374 g/mol. The minimum Gasteiger partial charge on any atom is -0.341 e. The molecule has 0 radical (unpaired) electrons. The van der Waals surface area contributed by atoms with E-state index in [1.54, 1.807) is 0 Å². The second-order valence-corrected chi connectivity index (χ2v) is 7.78. The number of likely N-dealkylation sites (N-methyl/N-ethyl adjacent to an activating group) is 1. The number of imidazole rings is 1. The molecule has 1 aliphatic heterocycles. The van der Waals surface area contributed by atoms with Gasteiger partial charge < -0.3 is 14.8 Å². The molecule has 1 aliphatic rings. The number of benzene rings is 2. The van der Waals surface area contributed by atoms with E-state index in [0.717, 1.165) is 61.7 Å². The van der Waals surface area contributed by atoms with E-state index < -0.39 is 0 Å². The summed E-state index contributed by atoms with van der Waals surface area (Å²) in [5.74, 6) is 1.10. The second-order valence-electron chi connectivity index (χ2n) is 7.78. The van der Waals surface area contributed by atoms with Crippen LogP contribution < -0.4 is 4.90 Å². The number of carbonyl (C=O) groups excluding carboxylic acids is 1. The fourth-order valence-electron chi connectivity index (χ4n) is 4.35. The Bertz CT molecular complexity index is 933. The molecule has 6 heteroatoms. The zero-order valence-electron chi connectivity index (χ0n) is 17.9. The Kier molecular flexibility index (Phi) is 6.33. The van der Waals surface area contributed by atoms with Crippen LogP contribution in [0.15, 0.2) is 54.6 Å². The van der Waals surface area contributed by atoms with Gasteiger partial charge >= 0.3 is 0 Å². The molecule has 0 spiro atoms. The van der Waals surface area contributed by atoms with Gasteiger partial charge in [0, 0.05) is 26.2 Å². The molecule has 30 heavy (non-hydrogen) atoms. The van der Waals surface area contributed by atoms with Crippen molar-refractivity contribution in [2.24, 2.45) is 0 Å². The molecule has 1 atom stereocenters. The molecule has 158 valence electrons. The van der Waals surface area contributed by atoms with Gasteiger partial charge in [-0.2, -0.15) is 0 Å². The molecule has 6 nitrogen and oxygen atoms in total. The highest BCUT2D eigenvalue weighted by Gasteiger charge is 2.31. The van der Waals surface area contributed by atoms with Crippen LogP contribution in [0, 0.1) is 0 Å². The Labute approximate surface area is 178 Å². The first-order valence-corrected chi connectivity index (χ1v) is 11.0. The summed E-state index contributed by atoms with van der Waals surface area (Å²) in [7, 11) is 0. The maximum absolute atomic E-state index is 13.6. The van der Waals surface area contributed by atoms with Crippen LogP contribution in [0.5, 0.6) is 0 Å². The van der Waals surface area contributed by atoms with Crippen molar-refractivity contribution in [2.45, 2.75) is 26.3 Å². The minimum absolute atomic E-state index is 0.205. The molecular formula is C24H31N5O. The number of carbonyl (C=O) groups is 1. The van der Waals surface area contributed by atoms with Crippen LogP contribution in [0.4, 0.5) is 5.95 Å². The molecule has 3 aromatic rings. The van der Waals surface area contributed by atoms with Crippen LogP contribution in [-0.2, 0) is 4.79 Å². The first kappa shape index (κ1) is 20.4. The van der Waals surface area contributed by atoms with Crippen molar-refractivity contribution in [1.82, 2.24) is 19.8 Å². The molecule has 2 aromatic carbocycles. The molecule has 4 rings (SSSR count). The van der Waals surface area contributed by atoms with Gasteiger partial charge in [0.25, 0.3) is 0 Å². The molecule has 0 saturated carbocycles. The molecule has 2 heterocycles. The molecule has 1 saturated heterocycles. The van der Waals surface area contributed by atoms with Gasteiger partial charge in [0.15, 0.2) is 0 Å². The van der Waals surface area contributed by atoms with Crippen molar-refractivity contribution in [3.05, 3.63) is 60.2 Å². The van der Waals surface area contributed by atoms with Gasteiger partial charge in [0.1, 0.15) is 6.04 Å². The Balaban J connectivity index is 1.51. The second kappa shape index (κ2) is 9.30. The fourth-order valence-corrected chi connectivity index (χ4v) is 4.35. The Morgan fingerprint density at radius 1 is 1.00 bits per heavy atom.